The number of carboxylic acid groups (broad SMARTS) is 1. The molecule has 2 rings (SSSR count). The van der Waals surface area contributed by atoms with E-state index in [2.05, 4.69) is 0 Å². The van der Waals surface area contributed by atoms with Gasteiger partial charge in [0, 0.05) is 19.4 Å². The van der Waals surface area contributed by atoms with E-state index in [0.29, 0.717) is 32.4 Å². The van der Waals surface area contributed by atoms with Gasteiger partial charge in [-0.05, 0) is 24.1 Å². The summed E-state index contributed by atoms with van der Waals surface area (Å²) in [5, 5.41) is 9.29. The fraction of sp³-hybridized carbons (Fsp3) is 0.429. The van der Waals surface area contributed by atoms with Crippen molar-refractivity contribution in [2.75, 3.05) is 6.54 Å². The molecular weight excluding hydrogens is 244 g/mol. The van der Waals surface area contributed by atoms with Crippen LogP contribution in [0.5, 0.6) is 0 Å². The van der Waals surface area contributed by atoms with Gasteiger partial charge in [0.15, 0.2) is 0 Å². The molecule has 1 aliphatic rings. The van der Waals surface area contributed by atoms with Gasteiger partial charge < -0.3 is 15.7 Å². The zero-order valence-corrected chi connectivity index (χ0v) is 10.7. The molecule has 1 aliphatic heterocycles. The minimum atomic E-state index is -0.949. The first-order chi connectivity index (χ1) is 9.13. The summed E-state index contributed by atoms with van der Waals surface area (Å²) in [6, 6.07) is 6.90. The number of rotatable bonds is 4. The molecule has 1 aromatic carbocycles. The number of fused-ring (bicyclic) bond motifs is 1. The molecule has 5 heteroatoms. The lowest BCUT2D eigenvalue weighted by atomic mass is 9.93. The van der Waals surface area contributed by atoms with E-state index < -0.39 is 12.0 Å². The summed E-state index contributed by atoms with van der Waals surface area (Å²) < 4.78 is 0. The zero-order chi connectivity index (χ0) is 13.8. The number of carbonyl (C=O) groups is 2. The minimum absolute atomic E-state index is 0.132. The summed E-state index contributed by atoms with van der Waals surface area (Å²) in [5.74, 6) is -1.08. The monoisotopic (exact) mass is 262 g/mol. The third-order valence-electron chi connectivity index (χ3n) is 3.45. The maximum absolute atomic E-state index is 12.1. The molecule has 0 spiro atoms. The molecule has 0 saturated heterocycles. The molecule has 0 saturated carbocycles. The first kappa shape index (κ1) is 13.5. The Morgan fingerprint density at radius 1 is 1.32 bits per heavy atom. The highest BCUT2D eigenvalue weighted by Gasteiger charge is 2.33. The maximum Gasteiger partial charge on any atom is 0.326 e. The molecule has 19 heavy (non-hydrogen) atoms. The van der Waals surface area contributed by atoms with Crippen molar-refractivity contribution in [3.05, 3.63) is 35.4 Å². The number of carbonyl (C=O) groups excluding carboxylic acids is 1. The summed E-state index contributed by atoms with van der Waals surface area (Å²) in [6.45, 7) is 0.810. The first-order valence-corrected chi connectivity index (χ1v) is 6.42. The van der Waals surface area contributed by atoms with E-state index in [1.807, 2.05) is 24.3 Å². The van der Waals surface area contributed by atoms with Crippen LogP contribution in [0.4, 0.5) is 0 Å². The maximum atomic E-state index is 12.1. The first-order valence-electron chi connectivity index (χ1n) is 6.42. The van der Waals surface area contributed by atoms with Crippen LogP contribution in [0.2, 0.25) is 0 Å². The highest BCUT2D eigenvalue weighted by molar-refractivity contribution is 5.84. The lowest BCUT2D eigenvalue weighted by Gasteiger charge is -2.34. The smallest absolute Gasteiger partial charge is 0.326 e. The molecule has 1 atom stereocenters. The van der Waals surface area contributed by atoms with Crippen LogP contribution in [0, 0.1) is 0 Å². The highest BCUT2D eigenvalue weighted by Crippen LogP contribution is 2.24. The van der Waals surface area contributed by atoms with Crippen molar-refractivity contribution in [1.82, 2.24) is 4.90 Å². The molecule has 0 aromatic heterocycles. The standard InChI is InChI=1S/C14H18N2O3/c15-7-3-6-13(17)16-9-11-5-2-1-4-10(11)8-12(16)14(18)19/h1-2,4-5,12H,3,6-9,15H2,(H,18,19)/t12-/m1/s1. The Bertz CT molecular complexity index is 487. The molecule has 0 aliphatic carbocycles. The Balaban J connectivity index is 2.21. The van der Waals surface area contributed by atoms with Crippen LogP contribution in [0.25, 0.3) is 0 Å². The van der Waals surface area contributed by atoms with E-state index in [9.17, 15) is 14.7 Å². The van der Waals surface area contributed by atoms with Crippen LogP contribution in [0.15, 0.2) is 24.3 Å². The van der Waals surface area contributed by atoms with Crippen LogP contribution < -0.4 is 5.73 Å². The van der Waals surface area contributed by atoms with Crippen LogP contribution >= 0.6 is 0 Å². The van der Waals surface area contributed by atoms with Crippen molar-refractivity contribution in [3.63, 3.8) is 0 Å². The van der Waals surface area contributed by atoms with Crippen LogP contribution in [0.1, 0.15) is 24.0 Å². The van der Waals surface area contributed by atoms with Crippen molar-refractivity contribution in [1.29, 1.82) is 0 Å². The van der Waals surface area contributed by atoms with Crippen molar-refractivity contribution in [3.8, 4) is 0 Å². The van der Waals surface area contributed by atoms with E-state index in [1.54, 1.807) is 0 Å². The van der Waals surface area contributed by atoms with E-state index in [4.69, 9.17) is 5.73 Å². The number of aliphatic carboxylic acids is 1. The number of hydrogen-bond donors (Lipinski definition) is 2. The predicted octanol–water partition coefficient (Wildman–Crippen LogP) is 0.763. The number of hydrogen-bond acceptors (Lipinski definition) is 3. The lowest BCUT2D eigenvalue weighted by Crippen LogP contribution is -2.48. The normalized spacial score (nSPS) is 17.9. The Hall–Kier alpha value is -1.88. The second kappa shape index (κ2) is 5.84. The topological polar surface area (TPSA) is 83.6 Å². The summed E-state index contributed by atoms with van der Waals surface area (Å²) in [4.78, 5) is 24.9. The molecular formula is C14H18N2O3. The Labute approximate surface area is 112 Å². The average molecular weight is 262 g/mol. The van der Waals surface area contributed by atoms with Crippen LogP contribution in [-0.2, 0) is 22.6 Å². The van der Waals surface area contributed by atoms with Crippen molar-refractivity contribution in [2.24, 2.45) is 5.73 Å². The van der Waals surface area contributed by atoms with Gasteiger partial charge in [-0.1, -0.05) is 24.3 Å². The predicted molar refractivity (Wildman–Crippen MR) is 70.4 cm³/mol. The Morgan fingerprint density at radius 2 is 2.00 bits per heavy atom. The molecule has 1 heterocycles. The number of nitrogens with zero attached hydrogens (tertiary/aromatic N) is 1. The molecule has 1 aromatic rings. The number of amides is 1. The minimum Gasteiger partial charge on any atom is -0.480 e. The van der Waals surface area contributed by atoms with E-state index in [0.717, 1.165) is 11.1 Å². The molecule has 0 unspecified atom stereocenters. The third-order valence-corrected chi connectivity index (χ3v) is 3.45. The van der Waals surface area contributed by atoms with Crippen molar-refractivity contribution in [2.45, 2.75) is 31.8 Å². The van der Waals surface area contributed by atoms with Crippen LogP contribution in [-0.4, -0.2) is 34.5 Å². The van der Waals surface area contributed by atoms with Gasteiger partial charge in [-0.2, -0.15) is 0 Å². The fourth-order valence-electron chi connectivity index (χ4n) is 2.40. The fourth-order valence-corrected chi connectivity index (χ4v) is 2.40. The quantitative estimate of drug-likeness (QED) is 0.839. The van der Waals surface area contributed by atoms with Gasteiger partial charge in [0.1, 0.15) is 6.04 Å². The molecule has 5 nitrogen and oxygen atoms in total. The summed E-state index contributed by atoms with van der Waals surface area (Å²) in [7, 11) is 0. The lowest BCUT2D eigenvalue weighted by molar-refractivity contribution is -0.151. The second-order valence-electron chi connectivity index (χ2n) is 4.74. The van der Waals surface area contributed by atoms with Gasteiger partial charge in [0.05, 0.1) is 0 Å². The van der Waals surface area contributed by atoms with Gasteiger partial charge in [0.2, 0.25) is 5.91 Å². The van der Waals surface area contributed by atoms with Gasteiger partial charge in [-0.25, -0.2) is 4.79 Å². The number of carboxylic acids is 1. The van der Waals surface area contributed by atoms with E-state index in [-0.39, 0.29) is 5.91 Å². The van der Waals surface area contributed by atoms with Gasteiger partial charge in [0.25, 0.3) is 0 Å². The molecule has 0 radical (unpaired) electrons. The molecule has 0 bridgehead atoms. The Kier molecular flexibility index (Phi) is 4.16. The third kappa shape index (κ3) is 2.93. The molecule has 0 fully saturated rings. The molecule has 3 N–H and O–H groups in total. The number of nitrogens with two attached hydrogens (primary N) is 1. The zero-order valence-electron chi connectivity index (χ0n) is 10.7. The van der Waals surface area contributed by atoms with Crippen molar-refractivity contribution >= 4 is 11.9 Å². The Morgan fingerprint density at radius 3 is 2.63 bits per heavy atom. The summed E-state index contributed by atoms with van der Waals surface area (Å²) >= 11 is 0. The van der Waals surface area contributed by atoms with Crippen LogP contribution in [0.3, 0.4) is 0 Å². The average Bonchev–Trinajstić information content (AvgIpc) is 2.43. The SMILES string of the molecule is NCCCC(=O)N1Cc2ccccc2C[C@@H]1C(=O)O. The van der Waals surface area contributed by atoms with E-state index in [1.165, 1.54) is 4.90 Å². The number of benzene rings is 1. The largest absolute Gasteiger partial charge is 0.480 e. The molecule has 102 valence electrons. The van der Waals surface area contributed by atoms with Crippen molar-refractivity contribution < 1.29 is 14.7 Å². The van der Waals surface area contributed by atoms with Gasteiger partial charge in [-0.3, -0.25) is 4.79 Å². The molecule has 1 amide bonds. The van der Waals surface area contributed by atoms with Gasteiger partial charge in [-0.15, -0.1) is 0 Å². The summed E-state index contributed by atoms with van der Waals surface area (Å²) in [6.07, 6.45) is 1.27. The van der Waals surface area contributed by atoms with Gasteiger partial charge >= 0.3 is 5.97 Å². The van der Waals surface area contributed by atoms with E-state index >= 15 is 0 Å². The second-order valence-corrected chi connectivity index (χ2v) is 4.74. The summed E-state index contributed by atoms with van der Waals surface area (Å²) in [5.41, 5.74) is 7.43. The highest BCUT2D eigenvalue weighted by atomic mass is 16.4.